The van der Waals surface area contributed by atoms with Crippen LogP contribution in [0, 0.1) is 0 Å². The first-order chi connectivity index (χ1) is 9.69. The van der Waals surface area contributed by atoms with Crippen molar-refractivity contribution in [3.63, 3.8) is 0 Å². The topological polar surface area (TPSA) is 9.23 Å². The van der Waals surface area contributed by atoms with Crippen molar-refractivity contribution >= 4 is 43.5 Å². The van der Waals surface area contributed by atoms with E-state index in [4.69, 9.17) is 16.3 Å². The molecule has 0 saturated carbocycles. The maximum Gasteiger partial charge on any atom is 0.120 e. The van der Waals surface area contributed by atoms with Gasteiger partial charge in [0, 0.05) is 20.7 Å². The van der Waals surface area contributed by atoms with Gasteiger partial charge in [-0.1, -0.05) is 50.1 Å². The Morgan fingerprint density at radius 2 is 1.70 bits per heavy atom. The van der Waals surface area contributed by atoms with Gasteiger partial charge in [-0.25, -0.2) is 0 Å². The summed E-state index contributed by atoms with van der Waals surface area (Å²) in [5.41, 5.74) is 1.24. The van der Waals surface area contributed by atoms with Gasteiger partial charge in [0.05, 0.1) is 6.61 Å². The summed E-state index contributed by atoms with van der Waals surface area (Å²) >= 11 is 13.0. The van der Waals surface area contributed by atoms with Crippen molar-refractivity contribution in [2.24, 2.45) is 0 Å². The van der Waals surface area contributed by atoms with Gasteiger partial charge in [0.15, 0.2) is 0 Å². The molecule has 0 N–H and O–H groups in total. The van der Waals surface area contributed by atoms with Crippen LogP contribution in [0.25, 0.3) is 0 Å². The highest BCUT2D eigenvalue weighted by atomic mass is 79.9. The van der Waals surface area contributed by atoms with Gasteiger partial charge in [0.2, 0.25) is 0 Å². The molecule has 106 valence electrons. The molecule has 0 amide bonds. The van der Waals surface area contributed by atoms with Crippen LogP contribution in [-0.2, 0) is 0 Å². The number of ether oxygens (including phenoxy) is 1. The first-order valence-corrected chi connectivity index (χ1v) is 8.51. The van der Waals surface area contributed by atoms with Crippen molar-refractivity contribution in [1.82, 2.24) is 0 Å². The highest BCUT2D eigenvalue weighted by Crippen LogP contribution is 2.25. The lowest BCUT2D eigenvalue weighted by molar-refractivity contribution is 0.301. The number of hydrogen-bond donors (Lipinski definition) is 0. The molecule has 0 saturated heterocycles. The fraction of sp³-hybridized carbons (Fsp3) is 0.250. The molecular weight excluding hydrogens is 403 g/mol. The largest absolute Gasteiger partial charge is 0.494 e. The lowest BCUT2D eigenvalue weighted by Crippen LogP contribution is -2.07. The van der Waals surface area contributed by atoms with Crippen LogP contribution in [0.2, 0.25) is 0 Å². The predicted octanol–water partition coefficient (Wildman–Crippen LogP) is 6.00. The minimum absolute atomic E-state index is 0.307. The Hall–Kier alpha value is -0.510. The first kappa shape index (κ1) is 15.9. The van der Waals surface area contributed by atoms with Crippen LogP contribution in [0.3, 0.4) is 0 Å². The number of alkyl halides is 1. The lowest BCUT2D eigenvalue weighted by atomic mass is 9.98. The van der Waals surface area contributed by atoms with Crippen LogP contribution in [-0.4, -0.2) is 12.5 Å². The van der Waals surface area contributed by atoms with Crippen molar-refractivity contribution in [2.75, 3.05) is 12.5 Å². The molecule has 20 heavy (non-hydrogen) atoms. The highest BCUT2D eigenvalue weighted by molar-refractivity contribution is 9.10. The summed E-state index contributed by atoms with van der Waals surface area (Å²) in [6.07, 6.45) is 0.895. The zero-order valence-corrected chi connectivity index (χ0v) is 14.8. The van der Waals surface area contributed by atoms with Gasteiger partial charge in [-0.2, -0.15) is 0 Å². The van der Waals surface area contributed by atoms with E-state index in [0.29, 0.717) is 18.4 Å². The molecule has 2 aromatic carbocycles. The lowest BCUT2D eigenvalue weighted by Gasteiger charge is -2.15. The van der Waals surface area contributed by atoms with Crippen LogP contribution < -0.4 is 4.74 Å². The first-order valence-electron chi connectivity index (χ1n) is 6.39. The summed E-state index contributed by atoms with van der Waals surface area (Å²) in [5, 5.41) is 0. The van der Waals surface area contributed by atoms with E-state index < -0.39 is 0 Å². The summed E-state index contributed by atoms with van der Waals surface area (Å²) in [7, 11) is 0. The maximum atomic E-state index is 6.08. The molecule has 0 fully saturated rings. The fourth-order valence-corrected chi connectivity index (χ4v) is 3.10. The Kier molecular flexibility index (Phi) is 6.40. The smallest absolute Gasteiger partial charge is 0.120 e. The zero-order valence-electron chi connectivity index (χ0n) is 10.9. The van der Waals surface area contributed by atoms with Crippen molar-refractivity contribution in [3.05, 3.63) is 63.0 Å². The molecule has 1 atom stereocenters. The standard InChI is InChI=1S/C16H15Br2ClO/c17-14-4-1-3-12(9-14)13(11-19)7-8-20-16-6-2-5-15(18)10-16/h1-6,9-10,13H,7-8,11H2. The second kappa shape index (κ2) is 8.06. The van der Waals surface area contributed by atoms with E-state index in [-0.39, 0.29) is 0 Å². The van der Waals surface area contributed by atoms with E-state index in [1.54, 1.807) is 0 Å². The second-order valence-electron chi connectivity index (χ2n) is 4.50. The SMILES string of the molecule is ClCC(CCOc1cccc(Br)c1)c1cccc(Br)c1. The van der Waals surface area contributed by atoms with E-state index in [2.05, 4.69) is 44.0 Å². The average molecular weight is 419 g/mol. The van der Waals surface area contributed by atoms with E-state index in [1.807, 2.05) is 36.4 Å². The van der Waals surface area contributed by atoms with Gasteiger partial charge in [0.25, 0.3) is 0 Å². The normalized spacial score (nSPS) is 12.2. The third-order valence-electron chi connectivity index (χ3n) is 3.04. The summed E-state index contributed by atoms with van der Waals surface area (Å²) in [6.45, 7) is 0.653. The third-order valence-corrected chi connectivity index (χ3v) is 4.40. The molecule has 1 nitrogen and oxygen atoms in total. The molecule has 0 bridgehead atoms. The monoisotopic (exact) mass is 416 g/mol. The Bertz CT molecular complexity index is 560. The highest BCUT2D eigenvalue weighted by Gasteiger charge is 2.11. The van der Waals surface area contributed by atoms with E-state index in [1.165, 1.54) is 5.56 Å². The van der Waals surface area contributed by atoms with Crippen LogP contribution in [0.1, 0.15) is 17.9 Å². The van der Waals surface area contributed by atoms with E-state index in [9.17, 15) is 0 Å². The van der Waals surface area contributed by atoms with Crippen molar-refractivity contribution in [3.8, 4) is 5.75 Å². The summed E-state index contributed by atoms with van der Waals surface area (Å²) in [4.78, 5) is 0. The predicted molar refractivity (Wildman–Crippen MR) is 91.9 cm³/mol. The Labute approximate surface area is 141 Å². The molecular formula is C16H15Br2ClO. The summed E-state index contributed by atoms with van der Waals surface area (Å²) < 4.78 is 7.88. The third kappa shape index (κ3) is 4.80. The van der Waals surface area contributed by atoms with Gasteiger partial charge in [0.1, 0.15) is 5.75 Å². The molecule has 2 rings (SSSR count). The summed E-state index contributed by atoms with van der Waals surface area (Å²) in [6, 6.07) is 16.2. The number of benzene rings is 2. The number of halogens is 3. The minimum atomic E-state index is 0.307. The molecule has 2 aromatic rings. The zero-order chi connectivity index (χ0) is 14.4. The molecule has 0 aliphatic carbocycles. The van der Waals surface area contributed by atoms with E-state index in [0.717, 1.165) is 21.1 Å². The molecule has 0 radical (unpaired) electrons. The van der Waals surface area contributed by atoms with Crippen LogP contribution in [0.5, 0.6) is 5.75 Å². The van der Waals surface area contributed by atoms with Crippen LogP contribution in [0.4, 0.5) is 0 Å². The second-order valence-corrected chi connectivity index (χ2v) is 6.64. The average Bonchev–Trinajstić information content (AvgIpc) is 2.44. The molecule has 1 unspecified atom stereocenters. The molecule has 0 heterocycles. The van der Waals surface area contributed by atoms with Crippen molar-refractivity contribution < 1.29 is 4.74 Å². The Balaban J connectivity index is 1.91. The quantitative estimate of drug-likeness (QED) is 0.523. The van der Waals surface area contributed by atoms with Gasteiger partial charge in [-0.3, -0.25) is 0 Å². The van der Waals surface area contributed by atoms with Gasteiger partial charge < -0.3 is 4.74 Å². The number of rotatable bonds is 6. The van der Waals surface area contributed by atoms with Gasteiger partial charge >= 0.3 is 0 Å². The maximum absolute atomic E-state index is 6.08. The molecule has 0 aromatic heterocycles. The molecule has 0 aliphatic rings. The van der Waals surface area contributed by atoms with Crippen molar-refractivity contribution in [2.45, 2.75) is 12.3 Å². The van der Waals surface area contributed by atoms with E-state index >= 15 is 0 Å². The van der Waals surface area contributed by atoms with Crippen LogP contribution >= 0.6 is 43.5 Å². The Morgan fingerprint density at radius 3 is 2.35 bits per heavy atom. The molecule has 0 aliphatic heterocycles. The molecule has 0 spiro atoms. The molecule has 4 heteroatoms. The van der Waals surface area contributed by atoms with Gasteiger partial charge in [-0.15, -0.1) is 11.6 Å². The van der Waals surface area contributed by atoms with Crippen LogP contribution in [0.15, 0.2) is 57.5 Å². The minimum Gasteiger partial charge on any atom is -0.494 e. The van der Waals surface area contributed by atoms with Crippen molar-refractivity contribution in [1.29, 1.82) is 0 Å². The summed E-state index contributed by atoms with van der Waals surface area (Å²) in [5.74, 6) is 1.78. The number of hydrogen-bond acceptors (Lipinski definition) is 1. The fourth-order valence-electron chi connectivity index (χ4n) is 1.97. The van der Waals surface area contributed by atoms with Gasteiger partial charge in [-0.05, 0) is 42.3 Å². The Morgan fingerprint density at radius 1 is 1.00 bits per heavy atom.